The molecule has 1 fully saturated rings. The molecule has 0 saturated heterocycles. The largest absolute Gasteiger partial charge is 0.461 e. The molecule has 0 amide bonds. The van der Waals surface area contributed by atoms with E-state index in [-0.39, 0.29) is 44.3 Å². The molecule has 1 aromatic carbocycles. The molecule has 0 atom stereocenters. The van der Waals surface area contributed by atoms with Crippen LogP contribution < -0.4 is 0 Å². The molecule has 1 aliphatic carbocycles. The molecule has 2 rings (SSSR count). The Hall–Kier alpha value is -0.206. The van der Waals surface area contributed by atoms with Crippen LogP contribution in [0.25, 0.3) is 0 Å². The molecule has 20 heavy (non-hydrogen) atoms. The number of esters is 1. The SMILES string of the molecule is C[CH-]CC(=O)OC1(Cc2ccccc2)CCCCC1.[Y]. The van der Waals surface area contributed by atoms with Gasteiger partial charge in [-0.3, -0.25) is 4.79 Å². The van der Waals surface area contributed by atoms with E-state index in [0.29, 0.717) is 6.42 Å². The van der Waals surface area contributed by atoms with Gasteiger partial charge in [-0.15, -0.1) is 0 Å². The first-order valence-corrected chi connectivity index (χ1v) is 7.28. The number of carbonyl (C=O) groups excluding carboxylic acids is 1. The summed E-state index contributed by atoms with van der Waals surface area (Å²) in [7, 11) is 0. The van der Waals surface area contributed by atoms with Gasteiger partial charge in [0.2, 0.25) is 0 Å². The zero-order valence-corrected chi connectivity index (χ0v) is 15.1. The van der Waals surface area contributed by atoms with Crippen molar-refractivity contribution in [2.24, 2.45) is 0 Å². The number of hydrogen-bond donors (Lipinski definition) is 0. The predicted molar refractivity (Wildman–Crippen MR) is 76.6 cm³/mol. The van der Waals surface area contributed by atoms with Crippen molar-refractivity contribution >= 4 is 5.97 Å². The van der Waals surface area contributed by atoms with E-state index in [9.17, 15) is 4.79 Å². The van der Waals surface area contributed by atoms with Gasteiger partial charge in [0.1, 0.15) is 5.60 Å². The van der Waals surface area contributed by atoms with Crippen LogP contribution in [0.15, 0.2) is 30.3 Å². The molecule has 0 N–H and O–H groups in total. The normalized spacial score (nSPS) is 17.1. The topological polar surface area (TPSA) is 26.3 Å². The van der Waals surface area contributed by atoms with E-state index in [2.05, 4.69) is 12.1 Å². The van der Waals surface area contributed by atoms with Crippen LogP contribution in [-0.4, -0.2) is 11.6 Å². The molecule has 1 aliphatic rings. The molecule has 1 radical (unpaired) electrons. The van der Waals surface area contributed by atoms with Crippen LogP contribution in [0.4, 0.5) is 0 Å². The maximum Gasteiger partial charge on any atom is 0.276 e. The second-order valence-corrected chi connectivity index (χ2v) is 5.49. The van der Waals surface area contributed by atoms with Crippen molar-refractivity contribution in [3.05, 3.63) is 42.3 Å². The van der Waals surface area contributed by atoms with Crippen LogP contribution in [-0.2, 0) is 48.7 Å². The summed E-state index contributed by atoms with van der Waals surface area (Å²) in [6.07, 6.45) is 8.70. The summed E-state index contributed by atoms with van der Waals surface area (Å²) >= 11 is 0. The molecule has 0 unspecified atom stereocenters. The van der Waals surface area contributed by atoms with E-state index < -0.39 is 0 Å². The minimum Gasteiger partial charge on any atom is -0.461 e. The fourth-order valence-corrected chi connectivity index (χ4v) is 2.93. The van der Waals surface area contributed by atoms with Crippen LogP contribution >= 0.6 is 0 Å². The van der Waals surface area contributed by atoms with Gasteiger partial charge in [-0.1, -0.05) is 43.2 Å². The molecule has 0 spiro atoms. The zero-order valence-electron chi connectivity index (χ0n) is 12.3. The zero-order chi connectivity index (χ0) is 13.6. The van der Waals surface area contributed by atoms with Crippen LogP contribution in [0.3, 0.4) is 0 Å². The third-order valence-electron chi connectivity index (χ3n) is 3.84. The fraction of sp³-hybridized carbons (Fsp3) is 0.529. The molecule has 0 heterocycles. The first-order valence-electron chi connectivity index (χ1n) is 7.28. The van der Waals surface area contributed by atoms with E-state index in [4.69, 9.17) is 4.74 Å². The summed E-state index contributed by atoms with van der Waals surface area (Å²) in [4.78, 5) is 11.9. The summed E-state index contributed by atoms with van der Waals surface area (Å²) < 4.78 is 5.85. The quantitative estimate of drug-likeness (QED) is 0.592. The van der Waals surface area contributed by atoms with Crippen LogP contribution in [0.2, 0.25) is 0 Å². The second-order valence-electron chi connectivity index (χ2n) is 5.49. The average Bonchev–Trinajstić information content (AvgIpc) is 2.40. The molecular weight excluding hydrogens is 325 g/mol. The van der Waals surface area contributed by atoms with Gasteiger partial charge in [0.05, 0.1) is 0 Å². The van der Waals surface area contributed by atoms with E-state index in [1.165, 1.54) is 12.0 Å². The van der Waals surface area contributed by atoms with E-state index >= 15 is 0 Å². The summed E-state index contributed by atoms with van der Waals surface area (Å²) in [6, 6.07) is 10.4. The van der Waals surface area contributed by atoms with Crippen molar-refractivity contribution in [1.29, 1.82) is 0 Å². The smallest absolute Gasteiger partial charge is 0.276 e. The van der Waals surface area contributed by atoms with E-state index in [0.717, 1.165) is 32.1 Å². The molecule has 1 aromatic rings. The van der Waals surface area contributed by atoms with Crippen molar-refractivity contribution < 1.29 is 42.2 Å². The van der Waals surface area contributed by atoms with Crippen molar-refractivity contribution in [3.63, 3.8) is 0 Å². The molecule has 1 saturated carbocycles. The van der Waals surface area contributed by atoms with Gasteiger partial charge in [-0.2, -0.15) is 6.92 Å². The standard InChI is InChI=1S/C17H23O2.Y/c1-2-9-16(18)19-17(12-7-4-8-13-17)14-15-10-5-3-6-11-15;/h2-3,5-6,10-11H,4,7-9,12-14H2,1H3;/q-1;. The summed E-state index contributed by atoms with van der Waals surface area (Å²) in [6.45, 7) is 1.89. The van der Waals surface area contributed by atoms with Crippen molar-refractivity contribution in [1.82, 2.24) is 0 Å². The van der Waals surface area contributed by atoms with Crippen molar-refractivity contribution in [2.45, 2.75) is 57.5 Å². The molecular formula is C17H23O2Y-. The Bertz CT molecular complexity index is 397. The molecule has 0 bridgehead atoms. The average molecular weight is 348 g/mol. The van der Waals surface area contributed by atoms with Crippen LogP contribution in [0, 0.1) is 6.42 Å². The van der Waals surface area contributed by atoms with E-state index in [1.807, 2.05) is 31.5 Å². The van der Waals surface area contributed by atoms with Gasteiger partial charge in [0.25, 0.3) is 5.97 Å². The van der Waals surface area contributed by atoms with Crippen LogP contribution in [0.1, 0.15) is 51.0 Å². The third-order valence-corrected chi connectivity index (χ3v) is 3.84. The third kappa shape index (κ3) is 5.29. The Balaban J connectivity index is 0.00000200. The number of carbonyl (C=O) groups is 1. The molecule has 2 nitrogen and oxygen atoms in total. The van der Waals surface area contributed by atoms with Gasteiger partial charge < -0.3 is 11.2 Å². The molecule has 0 aliphatic heterocycles. The maximum atomic E-state index is 11.9. The number of benzene rings is 1. The minimum atomic E-state index is -0.264. The number of hydrogen-bond acceptors (Lipinski definition) is 2. The monoisotopic (exact) mass is 348 g/mol. The Kier molecular flexibility index (Phi) is 7.98. The Morgan fingerprint density at radius 1 is 1.20 bits per heavy atom. The summed E-state index contributed by atoms with van der Waals surface area (Å²) in [5.41, 5.74) is 0.998. The maximum absolute atomic E-state index is 11.9. The first-order chi connectivity index (χ1) is 9.24. The Morgan fingerprint density at radius 2 is 1.85 bits per heavy atom. The second kappa shape index (κ2) is 8.94. The van der Waals surface area contributed by atoms with Crippen LogP contribution in [0.5, 0.6) is 0 Å². The van der Waals surface area contributed by atoms with Crippen molar-refractivity contribution in [3.8, 4) is 0 Å². The number of rotatable bonds is 5. The fourth-order valence-electron chi connectivity index (χ4n) is 2.93. The molecule has 3 heteroatoms. The van der Waals surface area contributed by atoms with Gasteiger partial charge in [-0.25, -0.2) is 0 Å². The molecule has 107 valence electrons. The van der Waals surface area contributed by atoms with Gasteiger partial charge in [-0.05, 0) is 31.2 Å². The minimum absolute atomic E-state index is 0. The van der Waals surface area contributed by atoms with Gasteiger partial charge in [0.15, 0.2) is 0 Å². The van der Waals surface area contributed by atoms with Crippen molar-refractivity contribution in [2.75, 3.05) is 0 Å². The Morgan fingerprint density at radius 3 is 2.45 bits per heavy atom. The van der Waals surface area contributed by atoms with E-state index in [1.54, 1.807) is 0 Å². The van der Waals surface area contributed by atoms with Gasteiger partial charge >= 0.3 is 0 Å². The molecule has 0 aromatic heterocycles. The Labute approximate surface area is 147 Å². The number of ether oxygens (including phenoxy) is 1. The van der Waals surface area contributed by atoms with Gasteiger partial charge in [0, 0.05) is 39.1 Å². The summed E-state index contributed by atoms with van der Waals surface area (Å²) in [5, 5.41) is 0. The summed E-state index contributed by atoms with van der Waals surface area (Å²) in [5.74, 6) is -0.0830. The predicted octanol–water partition coefficient (Wildman–Crippen LogP) is 4.09. The first kappa shape index (κ1) is 17.8.